The van der Waals surface area contributed by atoms with Crippen LogP contribution in [0.4, 0.5) is 0 Å². The van der Waals surface area contributed by atoms with Gasteiger partial charge in [0, 0.05) is 12.5 Å². The summed E-state index contributed by atoms with van der Waals surface area (Å²) in [5.74, 6) is 0.407. The van der Waals surface area contributed by atoms with Crippen molar-refractivity contribution < 1.29 is 4.74 Å². The van der Waals surface area contributed by atoms with Crippen LogP contribution in [0.2, 0.25) is 0 Å². The summed E-state index contributed by atoms with van der Waals surface area (Å²) in [4.78, 5) is 0. The summed E-state index contributed by atoms with van der Waals surface area (Å²) in [5.41, 5.74) is 5.60. The van der Waals surface area contributed by atoms with Gasteiger partial charge in [0.05, 0.1) is 6.61 Å². The summed E-state index contributed by atoms with van der Waals surface area (Å²) in [6.07, 6.45) is 3.68. The predicted octanol–water partition coefficient (Wildman–Crippen LogP) is 5.01. The van der Waals surface area contributed by atoms with Gasteiger partial charge < -0.3 is 4.74 Å². The molecule has 0 spiro atoms. The molecule has 0 saturated carbocycles. The Balaban J connectivity index is 1.77. The molecule has 1 aliphatic carbocycles. The molecule has 0 amide bonds. The minimum atomic E-state index is 0.407. The summed E-state index contributed by atoms with van der Waals surface area (Å²) in [6, 6.07) is 17.5. The van der Waals surface area contributed by atoms with Crippen LogP contribution in [0.15, 0.2) is 48.5 Å². The number of unbranched alkanes of at least 4 members (excludes halogenated alkanes) is 2. The molecule has 0 atom stereocenters. The van der Waals surface area contributed by atoms with Gasteiger partial charge in [-0.3, -0.25) is 0 Å². The average molecular weight is 266 g/mol. The van der Waals surface area contributed by atoms with Gasteiger partial charge in [0.15, 0.2) is 0 Å². The maximum absolute atomic E-state index is 5.93. The smallest absolute Gasteiger partial charge is 0.0575 e. The molecule has 0 heterocycles. The molecule has 3 rings (SSSR count). The van der Waals surface area contributed by atoms with Crippen LogP contribution in [0, 0.1) is 0 Å². The zero-order valence-corrected chi connectivity index (χ0v) is 12.1. The molecule has 0 saturated heterocycles. The Kier molecular flexibility index (Phi) is 4.17. The summed E-state index contributed by atoms with van der Waals surface area (Å²) < 4.78 is 5.93. The molecule has 0 aromatic heterocycles. The van der Waals surface area contributed by atoms with Gasteiger partial charge in [-0.25, -0.2) is 0 Å². The summed E-state index contributed by atoms with van der Waals surface area (Å²) in [6.45, 7) is 3.91. The fourth-order valence-electron chi connectivity index (χ4n) is 3.09. The SMILES string of the molecule is CCCCCOCC1c2ccccc2-c2ccccc21. The van der Waals surface area contributed by atoms with Gasteiger partial charge in [0.2, 0.25) is 0 Å². The lowest BCUT2D eigenvalue weighted by Gasteiger charge is -2.14. The topological polar surface area (TPSA) is 9.23 Å². The fraction of sp³-hybridized carbons (Fsp3) is 0.368. The van der Waals surface area contributed by atoms with Crippen molar-refractivity contribution >= 4 is 0 Å². The van der Waals surface area contributed by atoms with Crippen molar-refractivity contribution in [1.82, 2.24) is 0 Å². The van der Waals surface area contributed by atoms with Crippen molar-refractivity contribution in [2.75, 3.05) is 13.2 Å². The van der Waals surface area contributed by atoms with E-state index in [1.54, 1.807) is 0 Å². The van der Waals surface area contributed by atoms with Crippen LogP contribution in [-0.2, 0) is 4.74 Å². The van der Waals surface area contributed by atoms with Gasteiger partial charge in [-0.2, -0.15) is 0 Å². The van der Waals surface area contributed by atoms with E-state index in [1.165, 1.54) is 41.5 Å². The number of ether oxygens (including phenoxy) is 1. The first-order valence-corrected chi connectivity index (χ1v) is 7.67. The highest BCUT2D eigenvalue weighted by Gasteiger charge is 2.27. The third-order valence-corrected chi connectivity index (χ3v) is 4.14. The standard InChI is InChI=1S/C19H22O/c1-2-3-8-13-20-14-19-17-11-6-4-9-15(17)16-10-5-7-12-18(16)19/h4-7,9-12,19H,2-3,8,13-14H2,1H3. The van der Waals surface area contributed by atoms with E-state index in [1.807, 2.05) is 0 Å². The first-order chi connectivity index (χ1) is 9.92. The molecule has 1 aliphatic rings. The normalized spacial score (nSPS) is 13.2. The molecule has 2 aromatic rings. The summed E-state index contributed by atoms with van der Waals surface area (Å²) in [5, 5.41) is 0. The van der Waals surface area contributed by atoms with Gasteiger partial charge in [-0.1, -0.05) is 68.3 Å². The van der Waals surface area contributed by atoms with E-state index in [0.717, 1.165) is 13.2 Å². The molecular formula is C19H22O. The molecule has 20 heavy (non-hydrogen) atoms. The first-order valence-electron chi connectivity index (χ1n) is 7.67. The lowest BCUT2D eigenvalue weighted by molar-refractivity contribution is 0.124. The molecule has 0 unspecified atom stereocenters. The Morgan fingerprint density at radius 3 is 2.05 bits per heavy atom. The van der Waals surface area contributed by atoms with E-state index in [-0.39, 0.29) is 0 Å². The minimum Gasteiger partial charge on any atom is -0.380 e. The van der Waals surface area contributed by atoms with Crippen LogP contribution in [0.25, 0.3) is 11.1 Å². The lowest BCUT2D eigenvalue weighted by Crippen LogP contribution is -2.07. The molecule has 1 nitrogen and oxygen atoms in total. The van der Waals surface area contributed by atoms with Gasteiger partial charge >= 0.3 is 0 Å². The first kappa shape index (κ1) is 13.4. The third kappa shape index (κ3) is 2.51. The third-order valence-electron chi connectivity index (χ3n) is 4.14. The molecule has 2 aromatic carbocycles. The molecule has 0 N–H and O–H groups in total. The zero-order chi connectivity index (χ0) is 13.8. The highest BCUT2D eigenvalue weighted by molar-refractivity contribution is 5.78. The maximum atomic E-state index is 5.93. The van der Waals surface area contributed by atoms with E-state index in [4.69, 9.17) is 4.74 Å². The summed E-state index contributed by atoms with van der Waals surface area (Å²) >= 11 is 0. The molecule has 104 valence electrons. The highest BCUT2D eigenvalue weighted by Crippen LogP contribution is 2.44. The van der Waals surface area contributed by atoms with Crippen LogP contribution < -0.4 is 0 Å². The van der Waals surface area contributed by atoms with E-state index < -0.39 is 0 Å². The number of benzene rings is 2. The van der Waals surface area contributed by atoms with Crippen LogP contribution >= 0.6 is 0 Å². The second-order valence-corrected chi connectivity index (χ2v) is 5.51. The van der Waals surface area contributed by atoms with E-state index in [9.17, 15) is 0 Å². The van der Waals surface area contributed by atoms with Crippen LogP contribution in [0.5, 0.6) is 0 Å². The van der Waals surface area contributed by atoms with Crippen molar-refractivity contribution in [2.24, 2.45) is 0 Å². The maximum Gasteiger partial charge on any atom is 0.0575 e. The molecular weight excluding hydrogens is 244 g/mol. The Morgan fingerprint density at radius 1 is 0.850 bits per heavy atom. The minimum absolute atomic E-state index is 0.407. The Hall–Kier alpha value is -1.60. The Labute approximate surface area is 121 Å². The van der Waals surface area contributed by atoms with Crippen molar-refractivity contribution in [3.8, 4) is 11.1 Å². The quantitative estimate of drug-likeness (QED) is 0.668. The molecule has 0 aliphatic heterocycles. The fourth-order valence-corrected chi connectivity index (χ4v) is 3.09. The van der Waals surface area contributed by atoms with E-state index in [0.29, 0.717) is 5.92 Å². The van der Waals surface area contributed by atoms with Gasteiger partial charge in [-0.15, -0.1) is 0 Å². The second kappa shape index (κ2) is 6.23. The zero-order valence-electron chi connectivity index (χ0n) is 12.1. The predicted molar refractivity (Wildman–Crippen MR) is 84.1 cm³/mol. The Bertz CT molecular complexity index is 528. The van der Waals surface area contributed by atoms with Crippen molar-refractivity contribution in [2.45, 2.75) is 32.1 Å². The van der Waals surface area contributed by atoms with Crippen LogP contribution in [0.1, 0.15) is 43.2 Å². The number of hydrogen-bond acceptors (Lipinski definition) is 1. The van der Waals surface area contributed by atoms with Crippen molar-refractivity contribution in [3.05, 3.63) is 59.7 Å². The monoisotopic (exact) mass is 266 g/mol. The van der Waals surface area contributed by atoms with Gasteiger partial charge in [-0.05, 0) is 28.7 Å². The van der Waals surface area contributed by atoms with Crippen LogP contribution in [-0.4, -0.2) is 13.2 Å². The molecule has 0 bridgehead atoms. The lowest BCUT2D eigenvalue weighted by atomic mass is 9.98. The molecule has 0 radical (unpaired) electrons. The number of rotatable bonds is 6. The number of fused-ring (bicyclic) bond motifs is 3. The van der Waals surface area contributed by atoms with Crippen molar-refractivity contribution in [3.63, 3.8) is 0 Å². The van der Waals surface area contributed by atoms with Gasteiger partial charge in [0.1, 0.15) is 0 Å². The highest BCUT2D eigenvalue weighted by atomic mass is 16.5. The number of hydrogen-bond donors (Lipinski definition) is 0. The van der Waals surface area contributed by atoms with Crippen LogP contribution in [0.3, 0.4) is 0 Å². The van der Waals surface area contributed by atoms with Gasteiger partial charge in [0.25, 0.3) is 0 Å². The average Bonchev–Trinajstić information content (AvgIpc) is 2.82. The molecule has 1 heteroatoms. The van der Waals surface area contributed by atoms with E-state index >= 15 is 0 Å². The Morgan fingerprint density at radius 2 is 1.45 bits per heavy atom. The summed E-state index contributed by atoms with van der Waals surface area (Å²) in [7, 11) is 0. The van der Waals surface area contributed by atoms with E-state index in [2.05, 4.69) is 55.5 Å². The molecule has 0 fully saturated rings. The van der Waals surface area contributed by atoms with Crippen molar-refractivity contribution in [1.29, 1.82) is 0 Å². The second-order valence-electron chi connectivity index (χ2n) is 5.51. The largest absolute Gasteiger partial charge is 0.380 e.